The highest BCUT2D eigenvalue weighted by atomic mass is 16.1. The molecular weight excluding hydrogens is 262 g/mol. The third-order valence-corrected chi connectivity index (χ3v) is 4.08. The summed E-state index contributed by atoms with van der Waals surface area (Å²) in [5.41, 5.74) is 4.49. The summed E-state index contributed by atoms with van der Waals surface area (Å²) in [5, 5.41) is 2.94. The second-order valence-electron chi connectivity index (χ2n) is 5.72. The second-order valence-corrected chi connectivity index (χ2v) is 5.72. The van der Waals surface area contributed by atoms with E-state index in [9.17, 15) is 4.79 Å². The lowest BCUT2D eigenvalue weighted by Crippen LogP contribution is -2.26. The number of pyridine rings is 1. The zero-order valence-corrected chi connectivity index (χ0v) is 12.6. The molecule has 1 fully saturated rings. The van der Waals surface area contributed by atoms with Crippen molar-refractivity contribution in [3.63, 3.8) is 0 Å². The summed E-state index contributed by atoms with van der Waals surface area (Å²) in [6.45, 7) is 4.99. The van der Waals surface area contributed by atoms with E-state index in [2.05, 4.69) is 34.8 Å². The predicted octanol–water partition coefficient (Wildman–Crippen LogP) is 2.81. The van der Waals surface area contributed by atoms with Crippen molar-refractivity contribution in [3.05, 3.63) is 53.1 Å². The molecule has 2 aromatic heterocycles. The van der Waals surface area contributed by atoms with E-state index in [0.29, 0.717) is 18.3 Å². The number of carbonyl (C=O) groups is 1. The van der Waals surface area contributed by atoms with E-state index < -0.39 is 0 Å². The minimum atomic E-state index is -0.105. The van der Waals surface area contributed by atoms with Crippen LogP contribution in [0, 0.1) is 13.8 Å². The number of carbonyl (C=O) groups excluding carboxylic acids is 1. The van der Waals surface area contributed by atoms with Gasteiger partial charge >= 0.3 is 0 Å². The highest BCUT2D eigenvalue weighted by Crippen LogP contribution is 2.38. The molecule has 3 rings (SSSR count). The number of amides is 1. The van der Waals surface area contributed by atoms with Gasteiger partial charge in [-0.3, -0.25) is 9.78 Å². The molecule has 0 atom stereocenters. The van der Waals surface area contributed by atoms with Gasteiger partial charge in [0.15, 0.2) is 0 Å². The molecule has 1 saturated carbocycles. The molecule has 0 aliphatic heterocycles. The molecule has 0 aromatic carbocycles. The maximum absolute atomic E-state index is 11.9. The van der Waals surface area contributed by atoms with Crippen LogP contribution in [0.2, 0.25) is 0 Å². The maximum Gasteiger partial charge on any atom is 0.269 e. The highest BCUT2D eigenvalue weighted by molar-refractivity contribution is 5.92. The monoisotopic (exact) mass is 283 g/mol. The number of rotatable bonds is 5. The number of nitrogens with zero attached hydrogens (tertiary/aromatic N) is 2. The van der Waals surface area contributed by atoms with Gasteiger partial charge in [-0.2, -0.15) is 0 Å². The van der Waals surface area contributed by atoms with E-state index in [-0.39, 0.29) is 5.91 Å². The van der Waals surface area contributed by atoms with Crippen LogP contribution < -0.4 is 5.32 Å². The molecule has 1 N–H and O–H groups in total. The predicted molar refractivity (Wildman–Crippen MR) is 82.5 cm³/mol. The molecular formula is C17H21N3O. The standard InChI is InChI=1S/C17H21N3O/c1-12-11-14(13(2)20(12)15-6-7-15)8-10-19-17(21)16-5-3-4-9-18-16/h3-5,9,11,15H,6-8,10H2,1-2H3,(H,19,21). The average molecular weight is 283 g/mol. The van der Waals surface area contributed by atoms with Crippen LogP contribution in [0.15, 0.2) is 30.5 Å². The number of aryl methyl sites for hydroxylation is 1. The van der Waals surface area contributed by atoms with Crippen molar-refractivity contribution in [2.24, 2.45) is 0 Å². The fourth-order valence-electron chi connectivity index (χ4n) is 2.89. The Morgan fingerprint density at radius 1 is 1.38 bits per heavy atom. The summed E-state index contributed by atoms with van der Waals surface area (Å²) in [4.78, 5) is 16.0. The summed E-state index contributed by atoms with van der Waals surface area (Å²) >= 11 is 0. The zero-order valence-electron chi connectivity index (χ0n) is 12.6. The lowest BCUT2D eigenvalue weighted by Gasteiger charge is -2.08. The Morgan fingerprint density at radius 3 is 2.86 bits per heavy atom. The van der Waals surface area contributed by atoms with Crippen LogP contribution in [0.5, 0.6) is 0 Å². The van der Waals surface area contributed by atoms with E-state index in [1.807, 2.05) is 12.1 Å². The number of hydrogen-bond acceptors (Lipinski definition) is 2. The third kappa shape index (κ3) is 2.99. The Balaban J connectivity index is 1.58. The van der Waals surface area contributed by atoms with E-state index in [1.165, 1.54) is 29.8 Å². The number of nitrogens with one attached hydrogen (secondary N) is 1. The molecule has 0 spiro atoms. The normalized spacial score (nSPS) is 14.2. The number of aromatic nitrogens is 2. The molecule has 4 heteroatoms. The molecule has 0 radical (unpaired) electrons. The Hall–Kier alpha value is -2.10. The first kappa shape index (κ1) is 13.9. The topological polar surface area (TPSA) is 46.9 Å². The first-order valence-electron chi connectivity index (χ1n) is 7.53. The van der Waals surface area contributed by atoms with Crippen molar-refractivity contribution >= 4 is 5.91 Å². The van der Waals surface area contributed by atoms with Crippen LogP contribution in [0.3, 0.4) is 0 Å². The van der Waals surface area contributed by atoms with Crippen molar-refractivity contribution in [1.82, 2.24) is 14.9 Å². The summed E-state index contributed by atoms with van der Waals surface area (Å²) in [6, 6.07) is 8.32. The fraction of sp³-hybridized carbons (Fsp3) is 0.412. The van der Waals surface area contributed by atoms with E-state index in [4.69, 9.17) is 0 Å². The zero-order chi connectivity index (χ0) is 14.8. The lowest BCUT2D eigenvalue weighted by molar-refractivity contribution is 0.0949. The molecule has 1 aliphatic carbocycles. The van der Waals surface area contributed by atoms with Gasteiger partial charge < -0.3 is 9.88 Å². The van der Waals surface area contributed by atoms with Gasteiger partial charge in [-0.1, -0.05) is 6.07 Å². The summed E-state index contributed by atoms with van der Waals surface area (Å²) < 4.78 is 2.44. The summed E-state index contributed by atoms with van der Waals surface area (Å²) in [7, 11) is 0. The van der Waals surface area contributed by atoms with Gasteiger partial charge in [-0.05, 0) is 56.9 Å². The van der Waals surface area contributed by atoms with Crippen molar-refractivity contribution in [1.29, 1.82) is 0 Å². The van der Waals surface area contributed by atoms with Crippen molar-refractivity contribution in [2.45, 2.75) is 39.2 Å². The first-order valence-corrected chi connectivity index (χ1v) is 7.53. The highest BCUT2D eigenvalue weighted by Gasteiger charge is 2.26. The molecule has 1 amide bonds. The third-order valence-electron chi connectivity index (χ3n) is 4.08. The van der Waals surface area contributed by atoms with Crippen LogP contribution in [0.4, 0.5) is 0 Å². The van der Waals surface area contributed by atoms with Crippen molar-refractivity contribution in [2.75, 3.05) is 6.54 Å². The van der Waals surface area contributed by atoms with E-state index >= 15 is 0 Å². The van der Waals surface area contributed by atoms with Crippen LogP contribution in [0.25, 0.3) is 0 Å². The molecule has 1 aliphatic rings. The number of hydrogen-bond donors (Lipinski definition) is 1. The molecule has 2 aromatic rings. The Labute approximate surface area is 125 Å². The van der Waals surface area contributed by atoms with Crippen LogP contribution >= 0.6 is 0 Å². The average Bonchev–Trinajstić information content (AvgIpc) is 3.27. The lowest BCUT2D eigenvalue weighted by atomic mass is 10.2. The van der Waals surface area contributed by atoms with Gasteiger partial charge in [0.2, 0.25) is 0 Å². The second kappa shape index (κ2) is 5.72. The van der Waals surface area contributed by atoms with Crippen molar-refractivity contribution in [3.8, 4) is 0 Å². The quantitative estimate of drug-likeness (QED) is 0.917. The minimum Gasteiger partial charge on any atom is -0.350 e. The summed E-state index contributed by atoms with van der Waals surface area (Å²) in [6.07, 6.45) is 5.10. The van der Waals surface area contributed by atoms with Gasteiger partial charge in [-0.15, -0.1) is 0 Å². The summed E-state index contributed by atoms with van der Waals surface area (Å²) in [5.74, 6) is -0.105. The van der Waals surface area contributed by atoms with E-state index in [1.54, 1.807) is 12.3 Å². The van der Waals surface area contributed by atoms with Gasteiger partial charge in [0.05, 0.1) is 0 Å². The maximum atomic E-state index is 11.9. The minimum absolute atomic E-state index is 0.105. The molecule has 0 bridgehead atoms. The smallest absolute Gasteiger partial charge is 0.269 e. The molecule has 110 valence electrons. The molecule has 2 heterocycles. The van der Waals surface area contributed by atoms with Crippen LogP contribution in [-0.2, 0) is 6.42 Å². The Kier molecular flexibility index (Phi) is 3.78. The Bertz CT molecular complexity index is 642. The fourth-order valence-corrected chi connectivity index (χ4v) is 2.89. The molecule has 4 nitrogen and oxygen atoms in total. The Morgan fingerprint density at radius 2 is 2.19 bits per heavy atom. The first-order chi connectivity index (χ1) is 10.2. The largest absolute Gasteiger partial charge is 0.350 e. The van der Waals surface area contributed by atoms with Gasteiger partial charge in [0.1, 0.15) is 5.69 Å². The molecule has 0 saturated heterocycles. The molecule has 0 unspecified atom stereocenters. The molecule has 21 heavy (non-hydrogen) atoms. The van der Waals surface area contributed by atoms with Crippen LogP contribution in [0.1, 0.15) is 46.3 Å². The van der Waals surface area contributed by atoms with Crippen LogP contribution in [-0.4, -0.2) is 22.0 Å². The van der Waals surface area contributed by atoms with Gasteiger partial charge in [0.25, 0.3) is 5.91 Å². The van der Waals surface area contributed by atoms with Gasteiger partial charge in [0, 0.05) is 30.2 Å². The van der Waals surface area contributed by atoms with Gasteiger partial charge in [-0.25, -0.2) is 0 Å². The SMILES string of the molecule is Cc1cc(CCNC(=O)c2ccccn2)c(C)n1C1CC1. The van der Waals surface area contributed by atoms with Crippen molar-refractivity contribution < 1.29 is 4.79 Å². The van der Waals surface area contributed by atoms with E-state index in [0.717, 1.165) is 6.42 Å².